The van der Waals surface area contributed by atoms with Gasteiger partial charge in [0, 0.05) is 12.1 Å². The van der Waals surface area contributed by atoms with E-state index in [0.29, 0.717) is 0 Å². The lowest BCUT2D eigenvalue weighted by Crippen LogP contribution is -2.65. The number of ether oxygens (including phenoxy) is 8. The van der Waals surface area contributed by atoms with Crippen LogP contribution >= 0.6 is 0 Å². The number of carbonyl (C=O) groups is 2. The van der Waals surface area contributed by atoms with Gasteiger partial charge in [0.25, 0.3) is 11.9 Å². The molecule has 2 aromatic rings. The number of rotatable bonds is 13. The Morgan fingerprint density at radius 3 is 1.88 bits per heavy atom. The van der Waals surface area contributed by atoms with Gasteiger partial charge in [0.1, 0.15) is 103 Å². The number of aliphatic hydroxyl groups is 11. The van der Waals surface area contributed by atoms with E-state index < -0.39 is 154 Å². The maximum atomic E-state index is 12.1. The molecule has 3 saturated heterocycles. The highest BCUT2D eigenvalue weighted by Crippen LogP contribution is 2.47. The lowest BCUT2D eigenvalue weighted by molar-refractivity contribution is -0.358. The Morgan fingerprint density at radius 1 is 0.667 bits per heavy atom. The maximum absolute atomic E-state index is 12.1. The highest BCUT2D eigenvalue weighted by molar-refractivity contribution is 5.90. The monoisotopic (exact) mass is 861 g/mol. The second kappa shape index (κ2) is 18.5. The molecule has 4 aliphatic heterocycles. The van der Waals surface area contributed by atoms with E-state index in [1.807, 2.05) is 0 Å². The molecule has 16 unspecified atom stereocenters. The molecule has 0 aromatic heterocycles. The van der Waals surface area contributed by atoms with Crippen molar-refractivity contribution in [3.8, 4) is 28.7 Å². The third kappa shape index (κ3) is 9.31. The van der Waals surface area contributed by atoms with Gasteiger partial charge in [0.05, 0.1) is 24.8 Å². The first-order valence-corrected chi connectivity index (χ1v) is 18.2. The van der Waals surface area contributed by atoms with Crippen molar-refractivity contribution in [2.24, 2.45) is 0 Å². The van der Waals surface area contributed by atoms with Crippen molar-refractivity contribution in [1.82, 2.24) is 0 Å². The largest absolute Gasteiger partial charge is 0.571 e. The van der Waals surface area contributed by atoms with Crippen LogP contribution in [0.25, 0.3) is 6.08 Å². The van der Waals surface area contributed by atoms with Crippen LogP contribution in [-0.4, -0.2) is 200 Å². The van der Waals surface area contributed by atoms with E-state index in [1.165, 1.54) is 24.3 Å². The van der Waals surface area contributed by atoms with E-state index in [9.17, 15) is 76.0 Å². The molecule has 2 aromatic carbocycles. The standard InChI is InChI=1S/C36H44O24/c37-8-19-24(45)27(48)29(50)34(57-19)55-16-2-1-11(3-15(16)41)32-18(6-13-14(40)4-12(39)5-17(13)54-32)56-36-31(52)33(26(47)21(59-36)10-53-23(44)7-22(42)43)60-35-30(51)28(49)25(46)20(9-38)58-35/h1-6,19-21,24-41,45-52H,7-10H2,(H,42,43)/p+1. The molecule has 0 aliphatic carbocycles. The summed E-state index contributed by atoms with van der Waals surface area (Å²) in [5.41, 5.74) is 0.0661. The molecule has 15 N–H and O–H groups in total. The molecule has 0 radical (unpaired) electrons. The number of fused-ring (bicyclic) bond motifs is 1. The summed E-state index contributed by atoms with van der Waals surface area (Å²) in [6.07, 6.45) is -28.3. The minimum atomic E-state index is -2.09. The van der Waals surface area contributed by atoms with Crippen LogP contribution in [0.4, 0.5) is 0 Å². The van der Waals surface area contributed by atoms with E-state index in [2.05, 4.69) is 4.74 Å². The number of phenols is 3. The van der Waals surface area contributed by atoms with Gasteiger partial charge in [-0.2, -0.15) is 0 Å². The molecule has 4 heterocycles. The van der Waals surface area contributed by atoms with Crippen LogP contribution in [0.2, 0.25) is 0 Å². The zero-order valence-corrected chi connectivity index (χ0v) is 30.9. The van der Waals surface area contributed by atoms with Crippen LogP contribution in [0.3, 0.4) is 0 Å². The van der Waals surface area contributed by atoms with Gasteiger partial charge < -0.3 is 109 Å². The van der Waals surface area contributed by atoms with Crippen LogP contribution in [0.5, 0.6) is 28.7 Å². The SMILES string of the molecule is O=C(O)CC(=O)OCC1OC(OC2=Cc3c(O)cc(O)cc3[OH+]C2c2ccc(OC3OC(CO)C(O)C(O)C3O)c(O)c2)C(O)C(OC2OC(CO)C(O)C(O)C2O)C1O. The molecule has 24 heteroatoms. The summed E-state index contributed by atoms with van der Waals surface area (Å²) in [7, 11) is 0. The highest BCUT2D eigenvalue weighted by atomic mass is 16.7. The van der Waals surface area contributed by atoms with E-state index in [4.69, 9.17) is 38.3 Å². The average Bonchev–Trinajstić information content (AvgIpc) is 3.20. The fraction of sp³-hybridized carbons (Fsp3) is 0.556. The van der Waals surface area contributed by atoms with Crippen molar-refractivity contribution in [3.63, 3.8) is 0 Å². The molecule has 16 atom stereocenters. The molecule has 332 valence electrons. The molecule has 0 spiro atoms. The lowest BCUT2D eigenvalue weighted by Gasteiger charge is -2.46. The number of carboxylic acids is 1. The van der Waals surface area contributed by atoms with Crippen LogP contribution in [-0.2, 0) is 38.0 Å². The third-order valence-corrected chi connectivity index (χ3v) is 10.1. The van der Waals surface area contributed by atoms with Crippen molar-refractivity contribution in [2.45, 2.75) is 105 Å². The number of benzene rings is 2. The molecule has 60 heavy (non-hydrogen) atoms. The number of aliphatic hydroxyl groups excluding tert-OH is 10. The predicted molar refractivity (Wildman–Crippen MR) is 188 cm³/mol. The van der Waals surface area contributed by atoms with E-state index in [-0.39, 0.29) is 28.4 Å². The molecule has 24 nitrogen and oxygen atoms in total. The van der Waals surface area contributed by atoms with Crippen molar-refractivity contribution < 1.29 is 119 Å². The van der Waals surface area contributed by atoms with Gasteiger partial charge >= 0.3 is 11.9 Å². The number of hydrogen-bond donors (Lipinski definition) is 14. The Balaban J connectivity index is 1.31. The van der Waals surface area contributed by atoms with Crippen molar-refractivity contribution in [2.75, 3.05) is 19.8 Å². The second-order valence-corrected chi connectivity index (χ2v) is 14.2. The van der Waals surface area contributed by atoms with Gasteiger partial charge in [-0.3, -0.25) is 9.59 Å². The number of carbonyl (C=O) groups excluding carboxylic acids is 1. The lowest BCUT2D eigenvalue weighted by atomic mass is 9.96. The van der Waals surface area contributed by atoms with E-state index in [0.717, 1.165) is 12.1 Å². The third-order valence-electron chi connectivity index (χ3n) is 10.1. The van der Waals surface area contributed by atoms with Crippen LogP contribution in [0, 0.1) is 0 Å². The average molecular weight is 862 g/mol. The van der Waals surface area contributed by atoms with Gasteiger partial charge in [0.15, 0.2) is 23.5 Å². The van der Waals surface area contributed by atoms with Gasteiger partial charge in [0.2, 0.25) is 12.6 Å². The Kier molecular flexibility index (Phi) is 13.9. The van der Waals surface area contributed by atoms with E-state index >= 15 is 0 Å². The molecule has 0 saturated carbocycles. The topological polar surface area (TPSA) is 395 Å². The van der Waals surface area contributed by atoms with Gasteiger partial charge in [-0.15, -0.1) is 0 Å². The molecular weight excluding hydrogens is 816 g/mol. The fourth-order valence-corrected chi connectivity index (χ4v) is 6.83. The summed E-state index contributed by atoms with van der Waals surface area (Å²) in [4.78, 5) is 23.2. The minimum absolute atomic E-state index is 0.00133. The number of phenolic OH excluding ortho intramolecular Hbond substituents is 3. The number of carboxylic acid groups (broad SMARTS) is 1. The fourth-order valence-electron chi connectivity index (χ4n) is 6.83. The quantitative estimate of drug-likeness (QED) is 0.0509. The van der Waals surface area contributed by atoms with Crippen LogP contribution < -0.4 is 4.74 Å². The summed E-state index contributed by atoms with van der Waals surface area (Å²) >= 11 is 0. The Bertz CT molecular complexity index is 1870. The van der Waals surface area contributed by atoms with E-state index in [1.54, 1.807) is 0 Å². The molecule has 0 amide bonds. The van der Waals surface area contributed by atoms with Crippen molar-refractivity contribution >= 4 is 18.0 Å². The van der Waals surface area contributed by atoms with Crippen molar-refractivity contribution in [1.29, 1.82) is 0 Å². The number of hydrogen-bond acceptors (Lipinski definition) is 22. The smallest absolute Gasteiger partial charge is 0.317 e. The number of aliphatic carboxylic acids is 1. The zero-order chi connectivity index (χ0) is 43.7. The first-order chi connectivity index (χ1) is 28.4. The summed E-state index contributed by atoms with van der Waals surface area (Å²) in [5.74, 6) is -4.89. The second-order valence-electron chi connectivity index (χ2n) is 14.2. The zero-order valence-electron chi connectivity index (χ0n) is 30.9. The van der Waals surface area contributed by atoms with Gasteiger partial charge in [-0.05, 0) is 18.2 Å². The van der Waals surface area contributed by atoms with Gasteiger partial charge in [-0.25, -0.2) is 0 Å². The summed E-state index contributed by atoms with van der Waals surface area (Å²) < 4.78 is 43.3. The van der Waals surface area contributed by atoms with Crippen LogP contribution in [0.15, 0.2) is 36.1 Å². The molecule has 6 rings (SSSR count). The molecule has 0 bridgehead atoms. The van der Waals surface area contributed by atoms with Crippen molar-refractivity contribution in [3.05, 3.63) is 47.2 Å². The Labute approximate surface area is 337 Å². The molecule has 4 aliphatic rings. The minimum Gasteiger partial charge on any atom is -0.571 e. The first kappa shape index (κ1) is 44.9. The summed E-state index contributed by atoms with van der Waals surface area (Å²) in [6, 6.07) is 5.78. The summed E-state index contributed by atoms with van der Waals surface area (Å²) in [6.45, 7) is -2.48. The summed E-state index contributed by atoms with van der Waals surface area (Å²) in [5, 5.41) is 145. The first-order valence-electron chi connectivity index (χ1n) is 18.2. The Hall–Kier alpha value is -4.64. The molecular formula is C36H45O24+. The predicted octanol–water partition coefficient (Wildman–Crippen LogP) is -5.01. The van der Waals surface area contributed by atoms with Gasteiger partial charge in [-0.1, -0.05) is 0 Å². The molecule has 3 fully saturated rings. The highest BCUT2D eigenvalue weighted by Gasteiger charge is 2.53. The number of esters is 1. The number of aromatic hydroxyl groups is 4. The maximum Gasteiger partial charge on any atom is 0.317 e. The van der Waals surface area contributed by atoms with Crippen LogP contribution in [0.1, 0.15) is 23.7 Å². The Morgan fingerprint density at radius 2 is 1.27 bits per heavy atom. The normalized spacial score (nSPS) is 36.6.